The number of hydrogen-bond donors (Lipinski definition) is 0. The molecule has 1 aliphatic rings. The molecule has 0 unspecified atom stereocenters. The molecule has 2 aromatic heterocycles. The van der Waals surface area contributed by atoms with Crippen molar-refractivity contribution in [1.29, 1.82) is 0 Å². The summed E-state index contributed by atoms with van der Waals surface area (Å²) in [5.74, 6) is 1.80. The zero-order valence-electron chi connectivity index (χ0n) is 15.8. The third kappa shape index (κ3) is 3.88. The Hall–Kier alpha value is -3.51. The smallest absolute Gasteiger partial charge is 0.262 e. The van der Waals surface area contributed by atoms with E-state index in [1.54, 1.807) is 0 Å². The molecule has 1 saturated heterocycles. The highest BCUT2D eigenvalue weighted by Gasteiger charge is 2.29. The number of nitrogens with zero attached hydrogens (tertiary/aromatic N) is 4. The van der Waals surface area contributed by atoms with Gasteiger partial charge in [0.15, 0.2) is 0 Å². The van der Waals surface area contributed by atoms with Crippen LogP contribution in [0.25, 0.3) is 22.8 Å². The monoisotopic (exact) mass is 384 g/mol. The number of pyridine rings is 1. The van der Waals surface area contributed by atoms with Crippen LogP contribution in [-0.4, -0.2) is 39.2 Å². The van der Waals surface area contributed by atoms with Crippen molar-refractivity contribution in [3.05, 3.63) is 84.7 Å². The number of para-hydroxylation sites is 1. The second-order valence-corrected chi connectivity index (χ2v) is 7.07. The van der Waals surface area contributed by atoms with Gasteiger partial charge < -0.3 is 9.26 Å². The Kier molecular flexibility index (Phi) is 4.76. The van der Waals surface area contributed by atoms with Gasteiger partial charge in [0.25, 0.3) is 5.89 Å². The number of hydrogen-bond acceptors (Lipinski definition) is 6. The minimum absolute atomic E-state index is 0.148. The molecular formula is C23H20N4O2. The standard InChI is InChI=1S/C23H20N4O2/c1-2-6-18(7-3-1)22-25-23(29-26-22)20-8-4-5-9-21(20)28-19-15-27(16-19)14-17-10-12-24-13-11-17/h1-13,19H,14-16H2. The van der Waals surface area contributed by atoms with E-state index in [-0.39, 0.29) is 6.10 Å². The minimum atomic E-state index is 0.148. The van der Waals surface area contributed by atoms with Crippen molar-refractivity contribution in [3.63, 3.8) is 0 Å². The van der Waals surface area contributed by atoms with E-state index in [1.165, 1.54) is 5.56 Å². The van der Waals surface area contributed by atoms with Crippen LogP contribution in [0.15, 0.2) is 83.6 Å². The Balaban J connectivity index is 1.27. The SMILES string of the molecule is c1ccc(-c2noc(-c3ccccc3OC3CN(Cc4ccncc4)C3)n2)cc1. The zero-order valence-corrected chi connectivity index (χ0v) is 15.8. The Morgan fingerprint density at radius 1 is 0.931 bits per heavy atom. The summed E-state index contributed by atoms with van der Waals surface area (Å²) in [5, 5.41) is 4.12. The fraction of sp³-hybridized carbons (Fsp3) is 0.174. The topological polar surface area (TPSA) is 64.3 Å². The van der Waals surface area contributed by atoms with Gasteiger partial charge in [-0.25, -0.2) is 0 Å². The molecular weight excluding hydrogens is 364 g/mol. The number of aromatic nitrogens is 3. The number of benzene rings is 2. The molecule has 0 atom stereocenters. The van der Waals surface area contributed by atoms with Crippen molar-refractivity contribution in [1.82, 2.24) is 20.0 Å². The lowest BCUT2D eigenvalue weighted by molar-refractivity contribution is 0.0148. The van der Waals surface area contributed by atoms with E-state index in [4.69, 9.17) is 9.26 Å². The van der Waals surface area contributed by atoms with Gasteiger partial charge in [0.05, 0.1) is 5.56 Å². The lowest BCUT2D eigenvalue weighted by Crippen LogP contribution is -2.53. The Morgan fingerprint density at radius 3 is 2.52 bits per heavy atom. The van der Waals surface area contributed by atoms with E-state index in [0.29, 0.717) is 11.7 Å². The van der Waals surface area contributed by atoms with Gasteiger partial charge in [-0.2, -0.15) is 4.98 Å². The molecule has 0 spiro atoms. The molecule has 6 nitrogen and oxygen atoms in total. The first-order valence-electron chi connectivity index (χ1n) is 9.61. The maximum absolute atomic E-state index is 6.24. The number of ether oxygens (including phenoxy) is 1. The summed E-state index contributed by atoms with van der Waals surface area (Å²) in [6.45, 7) is 2.68. The van der Waals surface area contributed by atoms with Crippen LogP contribution < -0.4 is 4.74 Å². The molecule has 0 amide bonds. The van der Waals surface area contributed by atoms with Crippen molar-refractivity contribution in [2.24, 2.45) is 0 Å². The van der Waals surface area contributed by atoms with E-state index in [0.717, 1.165) is 36.5 Å². The van der Waals surface area contributed by atoms with Gasteiger partial charge in [-0.05, 0) is 29.8 Å². The summed E-state index contributed by atoms with van der Waals surface area (Å²) >= 11 is 0. The third-order valence-corrected chi connectivity index (χ3v) is 4.95. The van der Waals surface area contributed by atoms with E-state index in [1.807, 2.05) is 79.1 Å². The predicted octanol–water partition coefficient (Wildman–Crippen LogP) is 4.06. The Labute approximate surface area is 168 Å². The summed E-state index contributed by atoms with van der Waals surface area (Å²) in [5.41, 5.74) is 3.00. The summed E-state index contributed by atoms with van der Waals surface area (Å²) in [6, 6.07) is 21.7. The van der Waals surface area contributed by atoms with Gasteiger partial charge >= 0.3 is 0 Å². The second kappa shape index (κ2) is 7.85. The minimum Gasteiger partial charge on any atom is -0.487 e. The number of likely N-dealkylation sites (tertiary alicyclic amines) is 1. The van der Waals surface area contributed by atoms with Gasteiger partial charge in [0.2, 0.25) is 5.82 Å². The Morgan fingerprint density at radius 2 is 1.69 bits per heavy atom. The van der Waals surface area contributed by atoms with Crippen molar-refractivity contribution in [3.8, 4) is 28.6 Å². The average molecular weight is 384 g/mol. The van der Waals surface area contributed by atoms with Crippen molar-refractivity contribution in [2.75, 3.05) is 13.1 Å². The summed E-state index contributed by atoms with van der Waals surface area (Å²) in [7, 11) is 0. The molecule has 1 aliphatic heterocycles. The normalized spacial score (nSPS) is 14.5. The fourth-order valence-electron chi connectivity index (χ4n) is 3.44. The quantitative estimate of drug-likeness (QED) is 0.499. The van der Waals surface area contributed by atoms with Crippen LogP contribution in [0.5, 0.6) is 5.75 Å². The van der Waals surface area contributed by atoms with E-state index in [9.17, 15) is 0 Å². The second-order valence-electron chi connectivity index (χ2n) is 7.07. The van der Waals surface area contributed by atoms with Crippen LogP contribution in [-0.2, 0) is 6.54 Å². The van der Waals surface area contributed by atoms with Crippen LogP contribution >= 0.6 is 0 Å². The highest BCUT2D eigenvalue weighted by atomic mass is 16.5. The molecule has 144 valence electrons. The first-order chi connectivity index (χ1) is 14.3. The molecule has 4 aromatic rings. The van der Waals surface area contributed by atoms with E-state index >= 15 is 0 Å². The first kappa shape index (κ1) is 17.6. The molecule has 5 rings (SSSR count). The Bertz CT molecular complexity index is 1080. The molecule has 29 heavy (non-hydrogen) atoms. The lowest BCUT2D eigenvalue weighted by Gasteiger charge is -2.39. The molecule has 1 fully saturated rings. The first-order valence-corrected chi connectivity index (χ1v) is 9.61. The molecule has 6 heteroatoms. The van der Waals surface area contributed by atoms with Crippen LogP contribution in [0.4, 0.5) is 0 Å². The van der Waals surface area contributed by atoms with Gasteiger partial charge in [0.1, 0.15) is 11.9 Å². The van der Waals surface area contributed by atoms with Gasteiger partial charge in [-0.3, -0.25) is 9.88 Å². The lowest BCUT2D eigenvalue weighted by atomic mass is 10.1. The fourth-order valence-corrected chi connectivity index (χ4v) is 3.44. The van der Waals surface area contributed by atoms with Gasteiger partial charge in [-0.1, -0.05) is 47.6 Å². The maximum atomic E-state index is 6.24. The van der Waals surface area contributed by atoms with Gasteiger partial charge in [0, 0.05) is 37.6 Å². The largest absolute Gasteiger partial charge is 0.487 e. The van der Waals surface area contributed by atoms with Crippen molar-refractivity contribution < 1.29 is 9.26 Å². The molecule has 2 aromatic carbocycles. The molecule has 0 bridgehead atoms. The van der Waals surface area contributed by atoms with Crippen molar-refractivity contribution >= 4 is 0 Å². The molecule has 0 saturated carbocycles. The molecule has 3 heterocycles. The van der Waals surface area contributed by atoms with Gasteiger partial charge in [-0.15, -0.1) is 0 Å². The number of rotatable bonds is 6. The third-order valence-electron chi connectivity index (χ3n) is 4.95. The van der Waals surface area contributed by atoms with Crippen molar-refractivity contribution in [2.45, 2.75) is 12.6 Å². The van der Waals surface area contributed by atoms with E-state index in [2.05, 4.69) is 20.0 Å². The zero-order chi connectivity index (χ0) is 19.5. The van der Waals surface area contributed by atoms with Crippen LogP contribution in [0.3, 0.4) is 0 Å². The summed E-state index contributed by atoms with van der Waals surface area (Å²) in [4.78, 5) is 11.0. The van der Waals surface area contributed by atoms with Crippen LogP contribution in [0.1, 0.15) is 5.56 Å². The molecule has 0 N–H and O–H groups in total. The highest BCUT2D eigenvalue weighted by Crippen LogP contribution is 2.32. The van der Waals surface area contributed by atoms with E-state index < -0.39 is 0 Å². The molecule has 0 radical (unpaired) electrons. The molecule has 0 aliphatic carbocycles. The maximum Gasteiger partial charge on any atom is 0.262 e. The highest BCUT2D eigenvalue weighted by molar-refractivity contribution is 5.65. The summed E-state index contributed by atoms with van der Waals surface area (Å²) < 4.78 is 11.8. The average Bonchev–Trinajstić information content (AvgIpc) is 3.24. The van der Waals surface area contributed by atoms with Crippen LogP contribution in [0, 0.1) is 0 Å². The summed E-state index contributed by atoms with van der Waals surface area (Å²) in [6.07, 6.45) is 3.80. The predicted molar refractivity (Wildman–Crippen MR) is 109 cm³/mol. The van der Waals surface area contributed by atoms with Crippen LogP contribution in [0.2, 0.25) is 0 Å².